The van der Waals surface area contributed by atoms with Gasteiger partial charge in [0.15, 0.2) is 5.69 Å². The number of nitrogens with one attached hydrogen (secondary N) is 2. The van der Waals surface area contributed by atoms with E-state index in [1.54, 1.807) is 0 Å². The molecule has 1 unspecified atom stereocenters. The van der Waals surface area contributed by atoms with E-state index >= 15 is 0 Å². The van der Waals surface area contributed by atoms with Crippen molar-refractivity contribution in [1.82, 2.24) is 15.8 Å². The summed E-state index contributed by atoms with van der Waals surface area (Å²) in [6.45, 7) is 12.1. The van der Waals surface area contributed by atoms with Gasteiger partial charge in [-0.05, 0) is 39.7 Å². The molecule has 126 valence electrons. The van der Waals surface area contributed by atoms with Gasteiger partial charge in [-0.3, -0.25) is 4.79 Å². The van der Waals surface area contributed by atoms with Crippen molar-refractivity contribution in [1.29, 1.82) is 0 Å². The second-order valence-corrected chi connectivity index (χ2v) is 6.13. The van der Waals surface area contributed by atoms with Gasteiger partial charge in [0.2, 0.25) is 0 Å². The van der Waals surface area contributed by atoms with E-state index in [9.17, 15) is 4.79 Å². The van der Waals surface area contributed by atoms with Crippen LogP contribution in [0.4, 0.5) is 0 Å². The van der Waals surface area contributed by atoms with Crippen molar-refractivity contribution in [3.63, 3.8) is 0 Å². The second-order valence-electron chi connectivity index (χ2n) is 6.13. The normalized spacial score (nSPS) is 13.9. The van der Waals surface area contributed by atoms with Crippen LogP contribution in [-0.2, 0) is 6.42 Å². The third-order valence-electron chi connectivity index (χ3n) is 4.38. The predicted molar refractivity (Wildman–Crippen MR) is 89.2 cm³/mol. The van der Waals surface area contributed by atoms with Crippen LogP contribution in [0.15, 0.2) is 4.52 Å². The third-order valence-corrected chi connectivity index (χ3v) is 4.38. The number of rotatable bonds is 10. The van der Waals surface area contributed by atoms with Crippen LogP contribution < -0.4 is 10.6 Å². The first-order valence-electron chi connectivity index (χ1n) is 8.45. The predicted octanol–water partition coefficient (Wildman–Crippen LogP) is 3.22. The summed E-state index contributed by atoms with van der Waals surface area (Å²) in [6, 6.07) is 0. The Bertz CT molecular complexity index is 470. The maximum Gasteiger partial charge on any atom is 0.273 e. The summed E-state index contributed by atoms with van der Waals surface area (Å²) in [5.74, 6) is 0.637. The van der Waals surface area contributed by atoms with Crippen LogP contribution in [0.25, 0.3) is 0 Å². The molecule has 22 heavy (non-hydrogen) atoms. The van der Waals surface area contributed by atoms with Gasteiger partial charge in [0, 0.05) is 24.1 Å². The number of nitrogens with zero attached hydrogens (tertiary/aromatic N) is 1. The largest absolute Gasteiger partial charge is 0.360 e. The minimum atomic E-state index is -0.145. The average molecular weight is 309 g/mol. The molecule has 0 saturated heterocycles. The molecule has 0 bridgehead atoms. The molecule has 2 N–H and O–H groups in total. The molecule has 1 aromatic heterocycles. The SMILES string of the molecule is CCCCNC(C)(CC)CCNC(=O)c1noc(CC)c1C. The molecule has 0 aliphatic carbocycles. The van der Waals surface area contributed by atoms with Gasteiger partial charge in [-0.15, -0.1) is 0 Å². The number of carbonyl (C=O) groups is 1. The highest BCUT2D eigenvalue weighted by Crippen LogP contribution is 2.15. The number of hydrogen-bond donors (Lipinski definition) is 2. The fourth-order valence-corrected chi connectivity index (χ4v) is 2.40. The number of carbonyl (C=O) groups excluding carboxylic acids is 1. The zero-order chi connectivity index (χ0) is 16.6. The van der Waals surface area contributed by atoms with Gasteiger partial charge >= 0.3 is 0 Å². The van der Waals surface area contributed by atoms with Crippen LogP contribution in [0.3, 0.4) is 0 Å². The molecule has 1 aromatic rings. The van der Waals surface area contributed by atoms with Crippen molar-refractivity contribution in [3.05, 3.63) is 17.0 Å². The summed E-state index contributed by atoms with van der Waals surface area (Å²) < 4.78 is 5.18. The summed E-state index contributed by atoms with van der Waals surface area (Å²) in [7, 11) is 0. The zero-order valence-electron chi connectivity index (χ0n) is 14.7. The number of amides is 1. The smallest absolute Gasteiger partial charge is 0.273 e. The summed E-state index contributed by atoms with van der Waals surface area (Å²) >= 11 is 0. The van der Waals surface area contributed by atoms with Crippen molar-refractivity contribution >= 4 is 5.91 Å². The van der Waals surface area contributed by atoms with Crippen LogP contribution in [0.2, 0.25) is 0 Å². The van der Waals surface area contributed by atoms with Crippen molar-refractivity contribution in [2.45, 2.75) is 72.3 Å². The van der Waals surface area contributed by atoms with E-state index in [0.717, 1.165) is 37.1 Å². The molecule has 1 amide bonds. The van der Waals surface area contributed by atoms with Crippen molar-refractivity contribution in [2.24, 2.45) is 0 Å². The lowest BCUT2D eigenvalue weighted by Crippen LogP contribution is -2.45. The Labute approximate surface area is 134 Å². The van der Waals surface area contributed by atoms with Crippen LogP contribution in [-0.4, -0.2) is 29.7 Å². The zero-order valence-corrected chi connectivity index (χ0v) is 14.7. The second kappa shape index (κ2) is 8.93. The van der Waals surface area contributed by atoms with E-state index in [1.165, 1.54) is 12.8 Å². The molecule has 5 heteroatoms. The highest BCUT2D eigenvalue weighted by molar-refractivity contribution is 5.93. The number of hydrogen-bond acceptors (Lipinski definition) is 4. The minimum Gasteiger partial charge on any atom is -0.360 e. The lowest BCUT2D eigenvalue weighted by molar-refractivity contribution is 0.0940. The Hall–Kier alpha value is -1.36. The Morgan fingerprint density at radius 1 is 1.27 bits per heavy atom. The molecule has 1 atom stereocenters. The van der Waals surface area contributed by atoms with Gasteiger partial charge in [-0.2, -0.15) is 0 Å². The molecular weight excluding hydrogens is 278 g/mol. The number of unbranched alkanes of at least 4 members (excludes halogenated alkanes) is 1. The van der Waals surface area contributed by atoms with E-state index in [0.29, 0.717) is 12.2 Å². The van der Waals surface area contributed by atoms with E-state index in [2.05, 4.69) is 36.6 Å². The van der Waals surface area contributed by atoms with Gasteiger partial charge in [0.05, 0.1) is 0 Å². The molecule has 0 spiro atoms. The van der Waals surface area contributed by atoms with Crippen molar-refractivity contribution < 1.29 is 9.32 Å². The molecule has 0 saturated carbocycles. The van der Waals surface area contributed by atoms with Crippen molar-refractivity contribution in [2.75, 3.05) is 13.1 Å². The minimum absolute atomic E-state index is 0.0654. The summed E-state index contributed by atoms with van der Waals surface area (Å²) in [4.78, 5) is 12.2. The first-order valence-corrected chi connectivity index (χ1v) is 8.45. The molecular formula is C17H31N3O2. The van der Waals surface area contributed by atoms with Gasteiger partial charge < -0.3 is 15.2 Å². The Morgan fingerprint density at radius 2 is 2.00 bits per heavy atom. The van der Waals surface area contributed by atoms with E-state index in [4.69, 9.17) is 4.52 Å². The van der Waals surface area contributed by atoms with Crippen LogP contribution >= 0.6 is 0 Å². The highest BCUT2D eigenvalue weighted by atomic mass is 16.5. The first-order chi connectivity index (χ1) is 10.5. The standard InChI is InChI=1S/C17H31N3O2/c1-6-9-11-19-17(5,8-3)10-12-18-16(21)15-13(4)14(7-2)22-20-15/h19H,6-12H2,1-5H3,(H,18,21). The number of aryl methyl sites for hydroxylation is 1. The maximum atomic E-state index is 12.2. The quantitative estimate of drug-likeness (QED) is 0.651. The van der Waals surface area contributed by atoms with Gasteiger partial charge in [-0.1, -0.05) is 32.3 Å². The summed E-state index contributed by atoms with van der Waals surface area (Å²) in [5, 5.41) is 10.4. The fraction of sp³-hybridized carbons (Fsp3) is 0.765. The molecule has 0 aliphatic rings. The van der Waals surface area contributed by atoms with Gasteiger partial charge in [0.25, 0.3) is 5.91 Å². The average Bonchev–Trinajstić information content (AvgIpc) is 2.88. The monoisotopic (exact) mass is 309 g/mol. The van der Waals surface area contributed by atoms with E-state index < -0.39 is 0 Å². The Kier molecular flexibility index (Phi) is 7.59. The first kappa shape index (κ1) is 18.7. The molecule has 0 aromatic carbocycles. The van der Waals surface area contributed by atoms with Gasteiger partial charge in [-0.25, -0.2) is 0 Å². The Balaban J connectivity index is 2.47. The maximum absolute atomic E-state index is 12.2. The number of aromatic nitrogens is 1. The van der Waals surface area contributed by atoms with Crippen molar-refractivity contribution in [3.8, 4) is 0 Å². The molecule has 1 rings (SSSR count). The van der Waals surface area contributed by atoms with E-state index in [-0.39, 0.29) is 11.4 Å². The molecule has 5 nitrogen and oxygen atoms in total. The summed E-state index contributed by atoms with van der Waals surface area (Å²) in [5.41, 5.74) is 1.32. The lowest BCUT2D eigenvalue weighted by Gasteiger charge is -2.30. The third kappa shape index (κ3) is 5.13. The Morgan fingerprint density at radius 3 is 2.55 bits per heavy atom. The summed E-state index contributed by atoms with van der Waals surface area (Å²) in [6.07, 6.45) is 5.06. The lowest BCUT2D eigenvalue weighted by atomic mass is 9.94. The molecule has 0 radical (unpaired) electrons. The fourth-order valence-electron chi connectivity index (χ4n) is 2.40. The van der Waals surface area contributed by atoms with E-state index in [1.807, 2.05) is 13.8 Å². The molecule has 1 heterocycles. The topological polar surface area (TPSA) is 67.2 Å². The molecule has 0 fully saturated rings. The van der Waals surface area contributed by atoms with Crippen LogP contribution in [0.1, 0.15) is 75.2 Å². The molecule has 0 aliphatic heterocycles. The van der Waals surface area contributed by atoms with Crippen LogP contribution in [0, 0.1) is 6.92 Å². The highest BCUT2D eigenvalue weighted by Gasteiger charge is 2.22. The van der Waals surface area contributed by atoms with Crippen LogP contribution in [0.5, 0.6) is 0 Å². The van der Waals surface area contributed by atoms with Gasteiger partial charge in [0.1, 0.15) is 5.76 Å².